The van der Waals surface area contributed by atoms with E-state index in [1.807, 2.05) is 0 Å². The van der Waals surface area contributed by atoms with Crippen LogP contribution >= 0.6 is 0 Å². The first-order valence-corrected chi connectivity index (χ1v) is 4.74. The molecular formula is C10H19O3. The Morgan fingerprint density at radius 1 is 1.38 bits per heavy atom. The standard InChI is InChI=1S/C10H19O3/c1-4-11-6-5-9-12-7-10(2,3)8-13-9/h9H,1,4-8H2,2-3H3. The normalized spacial score (nSPS) is 23.3. The zero-order chi connectivity index (χ0) is 9.73. The van der Waals surface area contributed by atoms with E-state index in [1.165, 1.54) is 0 Å². The summed E-state index contributed by atoms with van der Waals surface area (Å²) in [5.41, 5.74) is 0.156. The summed E-state index contributed by atoms with van der Waals surface area (Å²) in [7, 11) is 0. The maximum atomic E-state index is 5.52. The van der Waals surface area contributed by atoms with Crippen LogP contribution in [0.15, 0.2) is 0 Å². The minimum absolute atomic E-state index is 0.0837. The van der Waals surface area contributed by atoms with Crippen molar-refractivity contribution in [2.24, 2.45) is 5.41 Å². The highest BCUT2D eigenvalue weighted by Crippen LogP contribution is 2.23. The zero-order valence-corrected chi connectivity index (χ0v) is 8.54. The zero-order valence-electron chi connectivity index (χ0n) is 8.54. The molecule has 13 heavy (non-hydrogen) atoms. The summed E-state index contributed by atoms with van der Waals surface area (Å²) in [6, 6.07) is 0. The molecule has 77 valence electrons. The Kier molecular flexibility index (Phi) is 4.16. The SMILES string of the molecule is [CH2]COCCC1OCC(C)(C)CO1. The predicted octanol–water partition coefficient (Wildman–Crippen LogP) is 1.63. The van der Waals surface area contributed by atoms with Gasteiger partial charge in [-0.3, -0.25) is 0 Å². The largest absolute Gasteiger partial charge is 0.381 e. The number of ether oxygens (including phenoxy) is 3. The molecule has 1 aliphatic rings. The molecule has 1 rings (SSSR count). The van der Waals surface area contributed by atoms with E-state index in [0.717, 1.165) is 19.6 Å². The van der Waals surface area contributed by atoms with Crippen molar-refractivity contribution in [3.05, 3.63) is 6.92 Å². The fourth-order valence-corrected chi connectivity index (χ4v) is 1.18. The van der Waals surface area contributed by atoms with Gasteiger partial charge in [-0.1, -0.05) is 13.8 Å². The van der Waals surface area contributed by atoms with Crippen molar-refractivity contribution >= 4 is 0 Å². The summed E-state index contributed by atoms with van der Waals surface area (Å²) in [6.07, 6.45) is 0.713. The molecule has 1 aliphatic heterocycles. The van der Waals surface area contributed by atoms with Crippen molar-refractivity contribution in [3.63, 3.8) is 0 Å². The lowest BCUT2D eigenvalue weighted by molar-refractivity contribution is -0.227. The minimum atomic E-state index is -0.0837. The van der Waals surface area contributed by atoms with Crippen molar-refractivity contribution in [3.8, 4) is 0 Å². The molecule has 3 nitrogen and oxygen atoms in total. The van der Waals surface area contributed by atoms with Crippen LogP contribution in [0.1, 0.15) is 20.3 Å². The second-order valence-electron chi connectivity index (χ2n) is 4.12. The highest BCUT2D eigenvalue weighted by atomic mass is 16.7. The van der Waals surface area contributed by atoms with Crippen LogP contribution in [0, 0.1) is 12.3 Å². The van der Waals surface area contributed by atoms with Gasteiger partial charge < -0.3 is 14.2 Å². The Labute approximate surface area is 80.4 Å². The highest BCUT2D eigenvalue weighted by Gasteiger charge is 2.27. The molecule has 0 amide bonds. The van der Waals surface area contributed by atoms with Crippen LogP contribution in [0.4, 0.5) is 0 Å². The van der Waals surface area contributed by atoms with Gasteiger partial charge in [0.05, 0.1) is 19.8 Å². The Morgan fingerprint density at radius 3 is 2.54 bits per heavy atom. The van der Waals surface area contributed by atoms with Crippen molar-refractivity contribution in [1.29, 1.82) is 0 Å². The quantitative estimate of drug-likeness (QED) is 0.626. The number of rotatable bonds is 4. The van der Waals surface area contributed by atoms with Crippen molar-refractivity contribution in [2.75, 3.05) is 26.4 Å². The summed E-state index contributed by atoms with van der Waals surface area (Å²) in [5.74, 6) is 0. The molecule has 0 N–H and O–H groups in total. The molecule has 0 saturated carbocycles. The lowest BCUT2D eigenvalue weighted by atomic mass is 9.95. The third-order valence-corrected chi connectivity index (χ3v) is 1.96. The van der Waals surface area contributed by atoms with Gasteiger partial charge in [0.1, 0.15) is 0 Å². The van der Waals surface area contributed by atoms with E-state index in [4.69, 9.17) is 14.2 Å². The van der Waals surface area contributed by atoms with Crippen LogP contribution in [0.2, 0.25) is 0 Å². The van der Waals surface area contributed by atoms with Gasteiger partial charge in [0, 0.05) is 18.4 Å². The fourth-order valence-electron chi connectivity index (χ4n) is 1.18. The topological polar surface area (TPSA) is 27.7 Å². The lowest BCUT2D eigenvalue weighted by Crippen LogP contribution is -2.38. The lowest BCUT2D eigenvalue weighted by Gasteiger charge is -2.34. The highest BCUT2D eigenvalue weighted by molar-refractivity contribution is 4.71. The van der Waals surface area contributed by atoms with E-state index in [1.54, 1.807) is 0 Å². The van der Waals surface area contributed by atoms with E-state index in [2.05, 4.69) is 20.8 Å². The second-order valence-corrected chi connectivity index (χ2v) is 4.12. The van der Waals surface area contributed by atoms with E-state index in [-0.39, 0.29) is 11.7 Å². The molecule has 1 heterocycles. The average molecular weight is 187 g/mol. The van der Waals surface area contributed by atoms with Gasteiger partial charge in [-0.05, 0) is 6.92 Å². The molecular weight excluding hydrogens is 168 g/mol. The smallest absolute Gasteiger partial charge is 0.159 e. The Balaban J connectivity index is 2.11. The fraction of sp³-hybridized carbons (Fsp3) is 0.900. The van der Waals surface area contributed by atoms with Crippen LogP contribution in [0.3, 0.4) is 0 Å². The van der Waals surface area contributed by atoms with E-state index in [0.29, 0.717) is 13.2 Å². The summed E-state index contributed by atoms with van der Waals surface area (Å²) in [5, 5.41) is 0. The predicted molar refractivity (Wildman–Crippen MR) is 50.3 cm³/mol. The summed E-state index contributed by atoms with van der Waals surface area (Å²) < 4.78 is 16.2. The average Bonchev–Trinajstić information content (AvgIpc) is 2.08. The number of hydrogen-bond donors (Lipinski definition) is 0. The molecule has 0 unspecified atom stereocenters. The third-order valence-electron chi connectivity index (χ3n) is 1.96. The maximum Gasteiger partial charge on any atom is 0.159 e. The van der Waals surface area contributed by atoms with Gasteiger partial charge in [0.2, 0.25) is 0 Å². The van der Waals surface area contributed by atoms with Gasteiger partial charge in [-0.2, -0.15) is 0 Å². The summed E-state index contributed by atoms with van der Waals surface area (Å²) in [4.78, 5) is 0. The molecule has 1 fully saturated rings. The molecule has 0 aromatic carbocycles. The Bertz CT molecular complexity index is 135. The first kappa shape index (κ1) is 11.0. The second kappa shape index (κ2) is 4.94. The summed E-state index contributed by atoms with van der Waals surface area (Å²) in [6.45, 7) is 10.6. The van der Waals surface area contributed by atoms with Crippen molar-refractivity contribution < 1.29 is 14.2 Å². The molecule has 0 spiro atoms. The van der Waals surface area contributed by atoms with Gasteiger partial charge in [-0.15, -0.1) is 0 Å². The molecule has 0 bridgehead atoms. The minimum Gasteiger partial charge on any atom is -0.381 e. The monoisotopic (exact) mass is 187 g/mol. The van der Waals surface area contributed by atoms with Crippen LogP contribution in [0.25, 0.3) is 0 Å². The van der Waals surface area contributed by atoms with Gasteiger partial charge in [-0.25, -0.2) is 0 Å². The van der Waals surface area contributed by atoms with Gasteiger partial charge >= 0.3 is 0 Å². The summed E-state index contributed by atoms with van der Waals surface area (Å²) >= 11 is 0. The maximum absolute atomic E-state index is 5.52. The number of hydrogen-bond acceptors (Lipinski definition) is 3. The molecule has 3 heteroatoms. The van der Waals surface area contributed by atoms with Crippen LogP contribution < -0.4 is 0 Å². The van der Waals surface area contributed by atoms with Gasteiger partial charge in [0.15, 0.2) is 6.29 Å². The molecule has 0 aromatic heterocycles. The van der Waals surface area contributed by atoms with Gasteiger partial charge in [0.25, 0.3) is 0 Å². The Morgan fingerprint density at radius 2 is 2.00 bits per heavy atom. The van der Waals surface area contributed by atoms with E-state index in [9.17, 15) is 0 Å². The van der Waals surface area contributed by atoms with Crippen molar-refractivity contribution in [1.82, 2.24) is 0 Å². The van der Waals surface area contributed by atoms with Crippen LogP contribution in [0.5, 0.6) is 0 Å². The molecule has 0 aromatic rings. The molecule has 1 saturated heterocycles. The first-order chi connectivity index (χ1) is 6.14. The van der Waals surface area contributed by atoms with E-state index < -0.39 is 0 Å². The molecule has 0 aliphatic carbocycles. The van der Waals surface area contributed by atoms with E-state index >= 15 is 0 Å². The molecule has 1 radical (unpaired) electrons. The Hall–Kier alpha value is -0.120. The third kappa shape index (κ3) is 4.07. The van der Waals surface area contributed by atoms with Crippen LogP contribution in [-0.4, -0.2) is 32.7 Å². The van der Waals surface area contributed by atoms with Crippen LogP contribution in [-0.2, 0) is 14.2 Å². The first-order valence-electron chi connectivity index (χ1n) is 4.74. The van der Waals surface area contributed by atoms with Crippen molar-refractivity contribution in [2.45, 2.75) is 26.6 Å². The molecule has 0 atom stereocenters.